The van der Waals surface area contributed by atoms with Gasteiger partial charge in [0.2, 0.25) is 0 Å². The Bertz CT molecular complexity index is 402. The average molecular weight is 279 g/mol. The summed E-state index contributed by atoms with van der Waals surface area (Å²) in [5.41, 5.74) is 0.235. The van der Waals surface area contributed by atoms with E-state index in [0.29, 0.717) is 0 Å². The Balaban J connectivity index is 2.06. The van der Waals surface area contributed by atoms with Gasteiger partial charge < -0.3 is 5.32 Å². The largest absolute Gasteiger partial charge is 0.312 e. The molecule has 1 heterocycles. The molecule has 0 aromatic carbocycles. The van der Waals surface area contributed by atoms with Crippen LogP contribution in [0.5, 0.6) is 0 Å². The first-order valence-corrected chi connectivity index (χ1v) is 8.48. The van der Waals surface area contributed by atoms with Crippen LogP contribution in [0, 0.1) is 18.8 Å². The summed E-state index contributed by atoms with van der Waals surface area (Å²) >= 11 is 2.01. The molecular weight excluding hydrogens is 250 g/mol. The molecule has 1 aliphatic rings. The Morgan fingerprint density at radius 3 is 2.58 bits per heavy atom. The standard InChI is InChI=1S/C17H29NS/c1-12-6-8-14(11-18-17(3,4)5)15(10-12)16-9-7-13(2)19-16/h7,9,12,14-15,18H,6,8,10-11H2,1-5H3. The smallest absolute Gasteiger partial charge is 0.00966 e. The van der Waals surface area contributed by atoms with E-state index in [2.05, 4.69) is 52.1 Å². The molecule has 3 atom stereocenters. The van der Waals surface area contributed by atoms with Gasteiger partial charge in [-0.15, -0.1) is 11.3 Å². The summed E-state index contributed by atoms with van der Waals surface area (Å²) in [5, 5.41) is 3.72. The highest BCUT2D eigenvalue weighted by atomic mass is 32.1. The van der Waals surface area contributed by atoms with Crippen molar-refractivity contribution in [2.75, 3.05) is 6.54 Å². The lowest BCUT2D eigenvalue weighted by molar-refractivity contribution is 0.229. The zero-order valence-corrected chi connectivity index (χ0v) is 13.9. The van der Waals surface area contributed by atoms with Crippen LogP contribution in [0.25, 0.3) is 0 Å². The first-order chi connectivity index (χ1) is 8.85. The van der Waals surface area contributed by atoms with Crippen molar-refractivity contribution in [1.82, 2.24) is 5.32 Å². The SMILES string of the molecule is Cc1ccc(C2CC(C)CCC2CNC(C)(C)C)s1. The highest BCUT2D eigenvalue weighted by Crippen LogP contribution is 2.42. The molecule has 0 saturated heterocycles. The second-order valence-corrected chi connectivity index (χ2v) is 8.68. The van der Waals surface area contributed by atoms with Crippen LogP contribution < -0.4 is 5.32 Å². The molecular formula is C17H29NS. The van der Waals surface area contributed by atoms with E-state index in [4.69, 9.17) is 0 Å². The first kappa shape index (κ1) is 15.1. The van der Waals surface area contributed by atoms with Crippen LogP contribution in [0.4, 0.5) is 0 Å². The van der Waals surface area contributed by atoms with Gasteiger partial charge in [-0.3, -0.25) is 0 Å². The molecule has 3 unspecified atom stereocenters. The van der Waals surface area contributed by atoms with Crippen LogP contribution in [0.1, 0.15) is 62.6 Å². The number of nitrogens with one attached hydrogen (secondary N) is 1. The van der Waals surface area contributed by atoms with E-state index in [9.17, 15) is 0 Å². The van der Waals surface area contributed by atoms with Gasteiger partial charge in [0.15, 0.2) is 0 Å². The molecule has 1 nitrogen and oxygen atoms in total. The Morgan fingerprint density at radius 2 is 2.00 bits per heavy atom. The molecule has 1 N–H and O–H groups in total. The summed E-state index contributed by atoms with van der Waals surface area (Å²) in [6.07, 6.45) is 4.15. The van der Waals surface area contributed by atoms with E-state index in [1.54, 1.807) is 4.88 Å². The molecule has 1 fully saturated rings. The summed E-state index contributed by atoms with van der Waals surface area (Å²) < 4.78 is 0. The molecule has 1 aromatic heterocycles. The highest BCUT2D eigenvalue weighted by molar-refractivity contribution is 7.12. The van der Waals surface area contributed by atoms with Crippen molar-refractivity contribution < 1.29 is 0 Å². The van der Waals surface area contributed by atoms with Crippen molar-refractivity contribution >= 4 is 11.3 Å². The third-order valence-corrected chi connectivity index (χ3v) is 5.41. The van der Waals surface area contributed by atoms with Gasteiger partial charge in [-0.05, 0) is 77.0 Å². The van der Waals surface area contributed by atoms with Crippen molar-refractivity contribution in [3.05, 3.63) is 21.9 Å². The van der Waals surface area contributed by atoms with E-state index in [1.807, 2.05) is 11.3 Å². The molecule has 0 bridgehead atoms. The molecule has 0 aliphatic heterocycles. The Kier molecular flexibility index (Phi) is 4.73. The Morgan fingerprint density at radius 1 is 1.26 bits per heavy atom. The van der Waals surface area contributed by atoms with Gasteiger partial charge in [0.1, 0.15) is 0 Å². The molecule has 2 rings (SSSR count). The number of thiophene rings is 1. The van der Waals surface area contributed by atoms with Gasteiger partial charge in [0.05, 0.1) is 0 Å². The molecule has 0 amide bonds. The topological polar surface area (TPSA) is 12.0 Å². The van der Waals surface area contributed by atoms with E-state index < -0.39 is 0 Å². The zero-order chi connectivity index (χ0) is 14.0. The Hall–Kier alpha value is -0.340. The van der Waals surface area contributed by atoms with Crippen molar-refractivity contribution in [3.63, 3.8) is 0 Å². The minimum atomic E-state index is 0.235. The lowest BCUT2D eigenvalue weighted by atomic mass is 9.74. The van der Waals surface area contributed by atoms with Crippen LogP contribution >= 0.6 is 11.3 Å². The minimum Gasteiger partial charge on any atom is -0.312 e. The number of hydrogen-bond donors (Lipinski definition) is 1. The molecule has 1 aromatic rings. The van der Waals surface area contributed by atoms with Crippen LogP contribution in [-0.2, 0) is 0 Å². The van der Waals surface area contributed by atoms with E-state index in [1.165, 1.54) is 24.1 Å². The summed E-state index contributed by atoms with van der Waals surface area (Å²) in [7, 11) is 0. The first-order valence-electron chi connectivity index (χ1n) is 7.66. The molecule has 1 aliphatic carbocycles. The number of hydrogen-bond acceptors (Lipinski definition) is 2. The van der Waals surface area contributed by atoms with Gasteiger partial charge in [0, 0.05) is 15.3 Å². The summed E-state index contributed by atoms with van der Waals surface area (Å²) in [6.45, 7) is 12.6. The Labute approximate surface area is 122 Å². The van der Waals surface area contributed by atoms with Crippen LogP contribution in [0.2, 0.25) is 0 Å². The van der Waals surface area contributed by atoms with Gasteiger partial charge >= 0.3 is 0 Å². The maximum Gasteiger partial charge on any atom is 0.00966 e. The molecule has 0 spiro atoms. The minimum absolute atomic E-state index is 0.235. The van der Waals surface area contributed by atoms with Crippen LogP contribution in [-0.4, -0.2) is 12.1 Å². The predicted molar refractivity (Wildman–Crippen MR) is 86.1 cm³/mol. The molecule has 108 valence electrons. The summed E-state index contributed by atoms with van der Waals surface area (Å²) in [5.74, 6) is 2.48. The van der Waals surface area contributed by atoms with E-state index >= 15 is 0 Å². The second-order valence-electron chi connectivity index (χ2n) is 7.36. The lowest BCUT2D eigenvalue weighted by Crippen LogP contribution is -2.41. The van der Waals surface area contributed by atoms with E-state index in [-0.39, 0.29) is 5.54 Å². The van der Waals surface area contributed by atoms with Crippen LogP contribution in [0.15, 0.2) is 12.1 Å². The van der Waals surface area contributed by atoms with Crippen molar-refractivity contribution in [2.24, 2.45) is 11.8 Å². The number of aryl methyl sites for hydroxylation is 1. The van der Waals surface area contributed by atoms with Crippen molar-refractivity contribution in [3.8, 4) is 0 Å². The molecule has 1 saturated carbocycles. The quantitative estimate of drug-likeness (QED) is 0.824. The maximum atomic E-state index is 3.72. The third kappa shape index (κ3) is 4.32. The lowest BCUT2D eigenvalue weighted by Gasteiger charge is -2.36. The van der Waals surface area contributed by atoms with Crippen molar-refractivity contribution in [2.45, 2.75) is 65.3 Å². The summed E-state index contributed by atoms with van der Waals surface area (Å²) in [4.78, 5) is 3.07. The second kappa shape index (κ2) is 5.97. The fourth-order valence-corrected chi connectivity index (χ4v) is 4.21. The normalized spacial score (nSPS) is 28.6. The van der Waals surface area contributed by atoms with Crippen molar-refractivity contribution in [1.29, 1.82) is 0 Å². The monoisotopic (exact) mass is 279 g/mol. The van der Waals surface area contributed by atoms with Gasteiger partial charge in [0.25, 0.3) is 0 Å². The average Bonchev–Trinajstić information content (AvgIpc) is 2.73. The predicted octanol–water partition coefficient (Wildman–Crippen LogP) is 4.96. The zero-order valence-electron chi connectivity index (χ0n) is 13.1. The number of rotatable bonds is 3. The molecule has 19 heavy (non-hydrogen) atoms. The summed E-state index contributed by atoms with van der Waals surface area (Å²) in [6, 6.07) is 4.65. The highest BCUT2D eigenvalue weighted by Gasteiger charge is 2.31. The van der Waals surface area contributed by atoms with Gasteiger partial charge in [-0.25, -0.2) is 0 Å². The van der Waals surface area contributed by atoms with Gasteiger partial charge in [-0.1, -0.05) is 13.3 Å². The van der Waals surface area contributed by atoms with Crippen LogP contribution in [0.3, 0.4) is 0 Å². The fraction of sp³-hybridized carbons (Fsp3) is 0.765. The molecule has 2 heteroatoms. The maximum absolute atomic E-state index is 3.72. The molecule has 0 radical (unpaired) electrons. The van der Waals surface area contributed by atoms with Gasteiger partial charge in [-0.2, -0.15) is 0 Å². The fourth-order valence-electron chi connectivity index (χ4n) is 3.13. The van der Waals surface area contributed by atoms with E-state index in [0.717, 1.165) is 24.3 Å². The third-order valence-electron chi connectivity index (χ3n) is 4.28.